The molecule has 0 aliphatic rings. The maximum Gasteiger partial charge on any atom is -0.412 e. The fraction of sp³-hybridized carbons (Fsp3) is 1.00. The van der Waals surface area contributed by atoms with Crippen LogP contribution >= 0.6 is 0 Å². The van der Waals surface area contributed by atoms with Gasteiger partial charge in [0.05, 0.1) is 0 Å². The molecule has 0 aromatic carbocycles. The van der Waals surface area contributed by atoms with Crippen LogP contribution in [0.15, 0.2) is 0 Å². The number of halogens is 10. The molecule has 0 amide bonds. The molecule has 0 saturated carbocycles. The largest absolute Gasteiger partial charge is 0.412 e. The van der Waals surface area contributed by atoms with E-state index in [1.54, 1.807) is 0 Å². The first-order chi connectivity index (χ1) is 6.21. The third-order valence-electron chi connectivity index (χ3n) is 1.03. The molecule has 17 heavy (non-hydrogen) atoms. The molecule has 0 aliphatic carbocycles. The van der Waals surface area contributed by atoms with Crippen molar-refractivity contribution in [3.05, 3.63) is 0 Å². The molecule has 0 rings (SSSR count). The number of hydrogen-bond donors (Lipinski definition) is 0. The normalized spacial score (nSPS) is 13.8. The predicted molar refractivity (Wildman–Crippen MR) is 35.0 cm³/mol. The summed E-state index contributed by atoms with van der Waals surface area (Å²) in [6, 6.07) is 0. The Morgan fingerprint density at radius 3 is 0.765 bits per heavy atom. The van der Waals surface area contributed by atoms with E-state index in [2.05, 4.69) is 0 Å². The topological polar surface area (TPSA) is 63.0 Å². The van der Waals surface area contributed by atoms with Crippen LogP contribution in [-0.2, 0) is 0 Å². The quantitative estimate of drug-likeness (QED) is 0.535. The zero-order valence-corrected chi connectivity index (χ0v) is 9.38. The Labute approximate surface area is 93.0 Å². The molecule has 0 spiro atoms. The summed E-state index contributed by atoms with van der Waals surface area (Å²) >= 11 is -4.92. The van der Waals surface area contributed by atoms with Crippen LogP contribution in [0.25, 0.3) is 0 Å². The summed E-state index contributed by atoms with van der Waals surface area (Å²) in [7, 11) is 0. The molecule has 13 heteroatoms. The van der Waals surface area contributed by atoms with Crippen LogP contribution < -0.4 is 0 Å². The molecule has 0 aliphatic heterocycles. The summed E-state index contributed by atoms with van der Waals surface area (Å²) in [5, 5.41) is 0. The molecule has 0 unspecified atom stereocenters. The average molecular weight is 347 g/mol. The second-order valence-corrected chi connectivity index (χ2v) is 5.43. The maximum absolute atomic E-state index is 11.9. The van der Waals surface area contributed by atoms with Gasteiger partial charge < -0.3 is 11.0 Å². The summed E-state index contributed by atoms with van der Waals surface area (Å²) in [5.74, 6) is 0. The van der Waals surface area contributed by atoms with Crippen molar-refractivity contribution in [1.82, 2.24) is 0 Å². The Morgan fingerprint density at radius 1 is 0.471 bits per heavy atom. The zero-order valence-electron chi connectivity index (χ0n) is 7.28. The van der Waals surface area contributed by atoms with Gasteiger partial charge in [-0.25, -0.2) is 0 Å². The first kappa shape index (κ1) is 22.0. The molecule has 0 fully saturated rings. The van der Waals surface area contributed by atoms with Crippen LogP contribution in [0.5, 0.6) is 0 Å². The van der Waals surface area contributed by atoms with E-state index in [0.29, 0.717) is 0 Å². The minimum Gasteiger partial charge on any atom is -0.412 e. The van der Waals surface area contributed by atoms with Gasteiger partial charge in [0, 0.05) is 0 Å². The van der Waals surface area contributed by atoms with Crippen LogP contribution in [0, 0.1) is 0 Å². The Hall–Kier alpha value is -0.237. The second-order valence-electron chi connectivity index (χ2n) is 2.27. The van der Waals surface area contributed by atoms with Crippen molar-refractivity contribution in [1.29, 1.82) is 0 Å². The Balaban J connectivity index is -0.000000980. The molecule has 2 nitrogen and oxygen atoms in total. The molecule has 0 heterocycles. The number of hydrogen-bond acceptors (Lipinski definition) is 0. The van der Waals surface area contributed by atoms with E-state index in [9.17, 15) is 43.9 Å². The average Bonchev–Trinajstić information content (AvgIpc) is 1.77. The molecular weight excluding hydrogens is 343 g/mol. The SMILES string of the molecule is FC(F)(F)[C](F)(F)[Ge][C](F)(F)C(F)(F)F.O.O. The monoisotopic (exact) mass is 348 g/mol. The molecule has 0 aromatic rings. The van der Waals surface area contributed by atoms with Gasteiger partial charge in [0.1, 0.15) is 0 Å². The van der Waals surface area contributed by atoms with E-state index >= 15 is 0 Å². The summed E-state index contributed by atoms with van der Waals surface area (Å²) in [6.45, 7) is 0. The summed E-state index contributed by atoms with van der Waals surface area (Å²) < 4.78 is 104. The van der Waals surface area contributed by atoms with Gasteiger partial charge in [-0.05, 0) is 0 Å². The van der Waals surface area contributed by atoms with E-state index < -0.39 is 37.3 Å². The van der Waals surface area contributed by atoms with Crippen LogP contribution in [0.2, 0.25) is 0 Å². The Kier molecular flexibility index (Phi) is 7.25. The van der Waals surface area contributed by atoms with Gasteiger partial charge in [-0.3, -0.25) is 0 Å². The molecule has 0 bridgehead atoms. The second kappa shape index (κ2) is 5.60. The van der Waals surface area contributed by atoms with Crippen molar-refractivity contribution in [2.24, 2.45) is 0 Å². The first-order valence-electron chi connectivity index (χ1n) is 2.89. The van der Waals surface area contributed by atoms with Crippen molar-refractivity contribution >= 4 is 15.4 Å². The van der Waals surface area contributed by atoms with E-state index in [1.165, 1.54) is 0 Å². The molecule has 0 saturated heterocycles. The van der Waals surface area contributed by atoms with Crippen LogP contribution in [0.3, 0.4) is 0 Å². The van der Waals surface area contributed by atoms with Gasteiger partial charge in [-0.15, -0.1) is 0 Å². The summed E-state index contributed by atoms with van der Waals surface area (Å²) in [5.41, 5.74) is 0. The smallest absolute Gasteiger partial charge is 0.412 e. The van der Waals surface area contributed by atoms with Gasteiger partial charge >= 0.3 is 81.2 Å². The van der Waals surface area contributed by atoms with Crippen LogP contribution in [0.1, 0.15) is 0 Å². The first-order valence-corrected chi connectivity index (χ1v) is 4.99. The van der Waals surface area contributed by atoms with Gasteiger partial charge in [-0.2, -0.15) is 0 Å². The third kappa shape index (κ3) is 5.29. The Morgan fingerprint density at radius 2 is 0.647 bits per heavy atom. The van der Waals surface area contributed by atoms with E-state index in [4.69, 9.17) is 0 Å². The number of rotatable bonds is 2. The van der Waals surface area contributed by atoms with Gasteiger partial charge in [0.2, 0.25) is 0 Å². The van der Waals surface area contributed by atoms with Crippen molar-refractivity contribution in [2.75, 3.05) is 0 Å². The standard InChI is InChI=1S/C4F10Ge.2H2O/c5-1(6,7)3(11,12)15-4(13,14)2(8,9)10;;/h;2*1H2. The fourth-order valence-electron chi connectivity index (χ4n) is 0.339. The van der Waals surface area contributed by atoms with E-state index in [0.717, 1.165) is 0 Å². The zero-order chi connectivity index (χ0) is 12.7. The minimum atomic E-state index is -6.39. The fourth-order valence-corrected chi connectivity index (χ4v) is 1.76. The molecule has 2 radical (unpaired) electrons. The van der Waals surface area contributed by atoms with Crippen LogP contribution in [0.4, 0.5) is 43.9 Å². The third-order valence-corrected chi connectivity index (χ3v) is 3.53. The van der Waals surface area contributed by atoms with Crippen LogP contribution in [-0.4, -0.2) is 48.2 Å². The predicted octanol–water partition coefficient (Wildman–Crippen LogP) is 1.35. The van der Waals surface area contributed by atoms with Gasteiger partial charge in [-0.1, -0.05) is 0 Å². The minimum absolute atomic E-state index is 0. The molecular formula is C4H4F10GeO2. The Bertz CT molecular complexity index is 207. The van der Waals surface area contributed by atoms with Crippen molar-refractivity contribution in [2.45, 2.75) is 21.9 Å². The molecule has 106 valence electrons. The van der Waals surface area contributed by atoms with Gasteiger partial charge in [0.15, 0.2) is 0 Å². The van der Waals surface area contributed by atoms with Crippen molar-refractivity contribution in [3.63, 3.8) is 0 Å². The van der Waals surface area contributed by atoms with Crippen molar-refractivity contribution in [3.8, 4) is 0 Å². The molecule has 4 N–H and O–H groups in total. The maximum atomic E-state index is 11.9. The van der Waals surface area contributed by atoms with Crippen molar-refractivity contribution < 1.29 is 54.9 Å². The van der Waals surface area contributed by atoms with E-state index in [-0.39, 0.29) is 11.0 Å². The van der Waals surface area contributed by atoms with E-state index in [1.807, 2.05) is 0 Å². The molecule has 0 aromatic heterocycles. The molecule has 0 atom stereocenters. The summed E-state index contributed by atoms with van der Waals surface area (Å²) in [6.07, 6.45) is -12.8. The number of alkyl halides is 10. The summed E-state index contributed by atoms with van der Waals surface area (Å²) in [4.78, 5) is 0. The van der Waals surface area contributed by atoms with Gasteiger partial charge in [0.25, 0.3) is 0 Å².